The molecule has 1 amide bonds. The summed E-state index contributed by atoms with van der Waals surface area (Å²) < 4.78 is 10.6. The molecule has 1 aliphatic rings. The Morgan fingerprint density at radius 3 is 2.56 bits per heavy atom. The summed E-state index contributed by atoms with van der Waals surface area (Å²) in [6.07, 6.45) is 2.06. The lowest BCUT2D eigenvalue weighted by molar-refractivity contribution is -0.141. The number of carboxylic acid groups (broad SMARTS) is 2. The quantitative estimate of drug-likeness (QED) is 0.442. The SMILES string of the molecule is CCCCC(NC(Cc1ccc2c(c1)OCO2)C(=O)NCC(=O)O)C(=O)O. The second-order valence-electron chi connectivity index (χ2n) is 6.26. The fourth-order valence-electron chi connectivity index (χ4n) is 2.75. The number of carbonyl (C=O) groups is 3. The van der Waals surface area contributed by atoms with Crippen molar-refractivity contribution in [2.75, 3.05) is 13.3 Å². The third-order valence-electron chi connectivity index (χ3n) is 4.15. The lowest BCUT2D eigenvalue weighted by Gasteiger charge is -2.23. The van der Waals surface area contributed by atoms with Crippen molar-refractivity contribution in [3.8, 4) is 11.5 Å². The maximum absolute atomic E-state index is 12.4. The minimum Gasteiger partial charge on any atom is -0.480 e. The van der Waals surface area contributed by atoms with E-state index >= 15 is 0 Å². The van der Waals surface area contributed by atoms with Crippen LogP contribution in [-0.2, 0) is 20.8 Å². The van der Waals surface area contributed by atoms with Crippen LogP contribution in [0.4, 0.5) is 0 Å². The molecule has 2 atom stereocenters. The normalized spacial score (nSPS) is 14.4. The van der Waals surface area contributed by atoms with Crippen molar-refractivity contribution in [2.24, 2.45) is 0 Å². The molecule has 1 heterocycles. The summed E-state index contributed by atoms with van der Waals surface area (Å²) in [5.74, 6) is -1.64. The largest absolute Gasteiger partial charge is 0.480 e. The number of unbranched alkanes of at least 4 members (excludes halogenated alkanes) is 1. The summed E-state index contributed by atoms with van der Waals surface area (Å²) in [5, 5.41) is 23.3. The van der Waals surface area contributed by atoms with Crippen LogP contribution in [0.25, 0.3) is 0 Å². The maximum Gasteiger partial charge on any atom is 0.322 e. The van der Waals surface area contributed by atoms with E-state index in [1.54, 1.807) is 18.2 Å². The molecule has 1 aromatic carbocycles. The molecule has 9 heteroatoms. The zero-order valence-corrected chi connectivity index (χ0v) is 15.1. The first kappa shape index (κ1) is 20.5. The molecule has 0 radical (unpaired) electrons. The third-order valence-corrected chi connectivity index (χ3v) is 4.15. The van der Waals surface area contributed by atoms with E-state index in [0.29, 0.717) is 24.3 Å². The Morgan fingerprint density at radius 1 is 1.15 bits per heavy atom. The van der Waals surface area contributed by atoms with E-state index in [0.717, 1.165) is 12.0 Å². The first-order chi connectivity index (χ1) is 12.9. The van der Waals surface area contributed by atoms with Crippen molar-refractivity contribution in [2.45, 2.75) is 44.7 Å². The van der Waals surface area contributed by atoms with Gasteiger partial charge in [-0.05, 0) is 30.5 Å². The molecule has 0 saturated carbocycles. The molecule has 0 aromatic heterocycles. The van der Waals surface area contributed by atoms with Gasteiger partial charge in [-0.1, -0.05) is 25.8 Å². The molecule has 9 nitrogen and oxygen atoms in total. The number of nitrogens with one attached hydrogen (secondary N) is 2. The smallest absolute Gasteiger partial charge is 0.322 e. The zero-order valence-electron chi connectivity index (χ0n) is 15.1. The van der Waals surface area contributed by atoms with Crippen molar-refractivity contribution in [3.63, 3.8) is 0 Å². The predicted molar refractivity (Wildman–Crippen MR) is 94.8 cm³/mol. The number of benzene rings is 1. The molecule has 0 spiro atoms. The summed E-state index contributed by atoms with van der Waals surface area (Å²) >= 11 is 0. The van der Waals surface area contributed by atoms with Crippen molar-refractivity contribution in [3.05, 3.63) is 23.8 Å². The highest BCUT2D eigenvalue weighted by Crippen LogP contribution is 2.32. The molecule has 1 aromatic rings. The second-order valence-corrected chi connectivity index (χ2v) is 6.26. The lowest BCUT2D eigenvalue weighted by Crippen LogP contribution is -2.52. The van der Waals surface area contributed by atoms with Crippen LogP contribution in [-0.4, -0.2) is 53.5 Å². The van der Waals surface area contributed by atoms with Gasteiger partial charge < -0.3 is 25.0 Å². The minimum absolute atomic E-state index is 0.123. The van der Waals surface area contributed by atoms with Crippen molar-refractivity contribution in [1.82, 2.24) is 10.6 Å². The van der Waals surface area contributed by atoms with Gasteiger partial charge in [0.15, 0.2) is 11.5 Å². The van der Waals surface area contributed by atoms with E-state index in [1.807, 2.05) is 6.92 Å². The van der Waals surface area contributed by atoms with E-state index in [2.05, 4.69) is 10.6 Å². The number of carboxylic acids is 2. The van der Waals surface area contributed by atoms with Gasteiger partial charge in [-0.3, -0.25) is 19.7 Å². The summed E-state index contributed by atoms with van der Waals surface area (Å²) in [4.78, 5) is 34.7. The molecule has 0 saturated heterocycles. The van der Waals surface area contributed by atoms with Crippen molar-refractivity contribution < 1.29 is 34.1 Å². The second kappa shape index (κ2) is 9.77. The number of ether oxygens (including phenoxy) is 2. The molecular formula is C18H24N2O7. The van der Waals surface area contributed by atoms with Gasteiger partial charge in [0.2, 0.25) is 12.7 Å². The van der Waals surface area contributed by atoms with E-state index < -0.39 is 36.5 Å². The Balaban J connectivity index is 2.13. The number of fused-ring (bicyclic) bond motifs is 1. The molecule has 0 aliphatic carbocycles. The molecule has 4 N–H and O–H groups in total. The lowest BCUT2D eigenvalue weighted by atomic mass is 10.0. The number of aliphatic carboxylic acids is 2. The van der Waals surface area contributed by atoms with Gasteiger partial charge in [0.25, 0.3) is 0 Å². The first-order valence-electron chi connectivity index (χ1n) is 8.77. The molecule has 0 bridgehead atoms. The summed E-state index contributed by atoms with van der Waals surface area (Å²) in [7, 11) is 0. The highest BCUT2D eigenvalue weighted by molar-refractivity contribution is 5.86. The van der Waals surface area contributed by atoms with Crippen LogP contribution in [0.15, 0.2) is 18.2 Å². The molecule has 0 fully saturated rings. The van der Waals surface area contributed by atoms with Gasteiger partial charge >= 0.3 is 11.9 Å². The summed E-state index contributed by atoms with van der Waals surface area (Å²) in [5.41, 5.74) is 0.738. The van der Waals surface area contributed by atoms with Crippen LogP contribution >= 0.6 is 0 Å². The van der Waals surface area contributed by atoms with Crippen LogP contribution in [0.3, 0.4) is 0 Å². The van der Waals surface area contributed by atoms with Gasteiger partial charge in [0.1, 0.15) is 12.6 Å². The van der Waals surface area contributed by atoms with Gasteiger partial charge in [-0.15, -0.1) is 0 Å². The van der Waals surface area contributed by atoms with Gasteiger partial charge in [0.05, 0.1) is 6.04 Å². The van der Waals surface area contributed by atoms with E-state index in [1.165, 1.54) is 0 Å². The Hall–Kier alpha value is -2.81. The topological polar surface area (TPSA) is 134 Å². The molecular weight excluding hydrogens is 356 g/mol. The van der Waals surface area contributed by atoms with E-state index in [9.17, 15) is 19.5 Å². The standard InChI is InChI=1S/C18H24N2O7/c1-2-3-4-12(18(24)25)20-13(17(23)19-9-16(21)22)7-11-5-6-14-15(8-11)27-10-26-14/h5-6,8,12-13,20H,2-4,7,9-10H2,1H3,(H,19,23)(H,21,22)(H,24,25). The Bertz CT molecular complexity index is 692. The minimum atomic E-state index is -1.18. The van der Waals surface area contributed by atoms with E-state index in [4.69, 9.17) is 14.6 Å². The molecule has 1 aliphatic heterocycles. The maximum atomic E-state index is 12.4. The van der Waals surface area contributed by atoms with Gasteiger partial charge in [-0.25, -0.2) is 0 Å². The molecule has 2 unspecified atom stereocenters. The molecule has 2 rings (SSSR count). The Morgan fingerprint density at radius 2 is 1.89 bits per heavy atom. The first-order valence-corrected chi connectivity index (χ1v) is 8.77. The fraction of sp³-hybridized carbons (Fsp3) is 0.500. The number of carbonyl (C=O) groups excluding carboxylic acids is 1. The third kappa shape index (κ3) is 6.14. The van der Waals surface area contributed by atoms with Crippen LogP contribution in [0.5, 0.6) is 11.5 Å². The number of hydrogen-bond acceptors (Lipinski definition) is 6. The average Bonchev–Trinajstić information content (AvgIpc) is 3.09. The van der Waals surface area contributed by atoms with E-state index in [-0.39, 0.29) is 13.2 Å². The van der Waals surface area contributed by atoms with Crippen LogP contribution in [0.1, 0.15) is 31.7 Å². The summed E-state index contributed by atoms with van der Waals surface area (Å²) in [6, 6.07) is 3.40. The summed E-state index contributed by atoms with van der Waals surface area (Å²) in [6.45, 7) is 1.53. The monoisotopic (exact) mass is 380 g/mol. The number of amides is 1. The number of hydrogen-bond donors (Lipinski definition) is 4. The van der Waals surface area contributed by atoms with Crippen LogP contribution in [0.2, 0.25) is 0 Å². The van der Waals surface area contributed by atoms with Crippen LogP contribution in [0, 0.1) is 0 Å². The highest BCUT2D eigenvalue weighted by Gasteiger charge is 2.27. The average molecular weight is 380 g/mol. The van der Waals surface area contributed by atoms with Crippen molar-refractivity contribution >= 4 is 17.8 Å². The van der Waals surface area contributed by atoms with Crippen LogP contribution < -0.4 is 20.1 Å². The van der Waals surface area contributed by atoms with Gasteiger partial charge in [-0.2, -0.15) is 0 Å². The highest BCUT2D eigenvalue weighted by atomic mass is 16.7. The zero-order chi connectivity index (χ0) is 19.8. The Labute approximate surface area is 156 Å². The van der Waals surface area contributed by atoms with Crippen molar-refractivity contribution in [1.29, 1.82) is 0 Å². The fourth-order valence-corrected chi connectivity index (χ4v) is 2.75. The predicted octanol–water partition coefficient (Wildman–Crippen LogP) is 0.760. The molecule has 148 valence electrons. The molecule has 27 heavy (non-hydrogen) atoms. The number of rotatable bonds is 11. The Kier molecular flexibility index (Phi) is 7.42. The van der Waals surface area contributed by atoms with Gasteiger partial charge in [0, 0.05) is 0 Å².